The minimum atomic E-state index is -1.31. The first-order chi connectivity index (χ1) is 20.9. The third-order valence-corrected chi connectivity index (χ3v) is 8.69. The van der Waals surface area contributed by atoms with Crippen LogP contribution in [0.5, 0.6) is 17.2 Å². The molecule has 7 rings (SSSR count). The number of carbonyl (C=O) groups is 2. The lowest BCUT2D eigenvalue weighted by Gasteiger charge is -2.43. The number of phenols is 1. The Morgan fingerprint density at radius 3 is 2.91 bits per heavy atom. The molecule has 0 fully saturated rings. The van der Waals surface area contributed by atoms with Gasteiger partial charge in [0.25, 0.3) is 5.91 Å². The van der Waals surface area contributed by atoms with Crippen molar-refractivity contribution in [2.24, 2.45) is 5.92 Å². The smallest absolute Gasteiger partial charge is 0.339 e. The number of nitriles is 1. The number of amides is 1. The molecule has 43 heavy (non-hydrogen) atoms. The van der Waals surface area contributed by atoms with Gasteiger partial charge in [-0.25, -0.2) is 9.78 Å². The van der Waals surface area contributed by atoms with Gasteiger partial charge in [-0.05, 0) is 67.4 Å². The molecule has 1 aliphatic carbocycles. The summed E-state index contributed by atoms with van der Waals surface area (Å²) in [5.41, 5.74) is 1.19. The van der Waals surface area contributed by atoms with Crippen molar-refractivity contribution in [2.75, 3.05) is 13.2 Å². The standard InChI is InChI=1S/C32H23N3O7S/c33-16-29-35-25-9-5-20(15-28(25)43-29)40-11-1-10-34-30(38)17-2-6-21-24(12-17)32(42-31(21)39)22-7-3-18(36)13-26(22)41-27-14-19(37)4-8-23(27)32/h2-7,9,12-15,23,36-37H,1,8,10-11H2,(H,34,38). The number of aromatic hydroxyl groups is 1. The van der Waals surface area contributed by atoms with Gasteiger partial charge in [0.15, 0.2) is 10.6 Å². The second-order valence-electron chi connectivity index (χ2n) is 10.4. The van der Waals surface area contributed by atoms with Gasteiger partial charge in [-0.1, -0.05) is 0 Å². The maximum Gasteiger partial charge on any atom is 0.339 e. The maximum atomic E-state index is 13.2. The number of ether oxygens (including phenoxy) is 3. The molecule has 2 unspecified atom stereocenters. The molecule has 1 aromatic heterocycles. The lowest BCUT2D eigenvalue weighted by atomic mass is 9.70. The van der Waals surface area contributed by atoms with Gasteiger partial charge in [0, 0.05) is 35.4 Å². The van der Waals surface area contributed by atoms with Crippen molar-refractivity contribution in [2.45, 2.75) is 18.4 Å². The molecule has 3 heterocycles. The normalized spacial score (nSPS) is 19.7. The number of phenolic OH excluding ortho intramolecular Hbond substituents is 1. The summed E-state index contributed by atoms with van der Waals surface area (Å²) in [5, 5.41) is 32.6. The second-order valence-corrected chi connectivity index (χ2v) is 11.4. The Kier molecular flexibility index (Phi) is 6.29. The van der Waals surface area contributed by atoms with E-state index in [1.807, 2.05) is 18.2 Å². The first-order valence-corrected chi connectivity index (χ1v) is 14.4. The molecule has 3 aliphatic rings. The summed E-state index contributed by atoms with van der Waals surface area (Å²) in [7, 11) is 0. The fourth-order valence-corrected chi connectivity index (χ4v) is 6.63. The zero-order valence-corrected chi connectivity index (χ0v) is 23.3. The average molecular weight is 594 g/mol. The number of benzene rings is 3. The van der Waals surface area contributed by atoms with E-state index < -0.39 is 17.5 Å². The van der Waals surface area contributed by atoms with Gasteiger partial charge in [-0.15, -0.1) is 11.3 Å². The number of thiazole rings is 1. The summed E-state index contributed by atoms with van der Waals surface area (Å²) in [4.78, 5) is 30.6. The molecule has 2 atom stereocenters. The highest BCUT2D eigenvalue weighted by Crippen LogP contribution is 2.57. The molecule has 11 heteroatoms. The number of aliphatic hydroxyl groups excluding tert-OH is 1. The predicted octanol–water partition coefficient (Wildman–Crippen LogP) is 5.22. The largest absolute Gasteiger partial charge is 0.508 e. The van der Waals surface area contributed by atoms with Gasteiger partial charge in [0.1, 0.15) is 34.8 Å². The van der Waals surface area contributed by atoms with Crippen LogP contribution in [0.4, 0.5) is 0 Å². The Labute approximate surface area is 249 Å². The third kappa shape index (κ3) is 4.43. The molecule has 214 valence electrons. The molecule has 4 aromatic rings. The van der Waals surface area contributed by atoms with E-state index in [1.54, 1.807) is 36.4 Å². The Morgan fingerprint density at radius 1 is 1.16 bits per heavy atom. The quantitative estimate of drug-likeness (QED) is 0.202. The number of allylic oxidation sites excluding steroid dienone is 2. The highest BCUT2D eigenvalue weighted by atomic mass is 32.1. The van der Waals surface area contributed by atoms with Crippen LogP contribution in [0.25, 0.3) is 10.2 Å². The molecule has 3 N–H and O–H groups in total. The van der Waals surface area contributed by atoms with Gasteiger partial charge in [0.05, 0.1) is 28.3 Å². The number of hydrogen-bond acceptors (Lipinski definition) is 10. The highest BCUT2D eigenvalue weighted by molar-refractivity contribution is 7.19. The summed E-state index contributed by atoms with van der Waals surface area (Å²) in [6.07, 6.45) is 3.99. The van der Waals surface area contributed by atoms with E-state index in [2.05, 4.69) is 10.3 Å². The Balaban J connectivity index is 1.09. The van der Waals surface area contributed by atoms with Crippen molar-refractivity contribution in [3.63, 3.8) is 0 Å². The fraction of sp³-hybridized carbons (Fsp3) is 0.188. The zero-order chi connectivity index (χ0) is 29.7. The highest BCUT2D eigenvalue weighted by Gasteiger charge is 2.58. The molecule has 2 aliphatic heterocycles. The monoisotopic (exact) mass is 593 g/mol. The number of esters is 1. The number of fused-ring (bicyclic) bond motifs is 7. The van der Waals surface area contributed by atoms with Crippen LogP contribution in [-0.2, 0) is 10.3 Å². The fourth-order valence-electron chi connectivity index (χ4n) is 5.84. The van der Waals surface area contributed by atoms with Crippen molar-refractivity contribution in [1.82, 2.24) is 10.3 Å². The molecular weight excluding hydrogens is 570 g/mol. The number of nitrogens with one attached hydrogen (secondary N) is 1. The van der Waals surface area contributed by atoms with E-state index in [0.29, 0.717) is 70.5 Å². The molecule has 0 bridgehead atoms. The van der Waals surface area contributed by atoms with Gasteiger partial charge in [0.2, 0.25) is 0 Å². The first kappa shape index (κ1) is 26.6. The Hall–Kier alpha value is -5.34. The molecule has 0 saturated heterocycles. The van der Waals surface area contributed by atoms with Crippen LogP contribution in [-0.4, -0.2) is 40.2 Å². The number of aromatic nitrogens is 1. The average Bonchev–Trinajstić information content (AvgIpc) is 3.54. The first-order valence-electron chi connectivity index (χ1n) is 13.6. The van der Waals surface area contributed by atoms with Crippen LogP contribution in [0.1, 0.15) is 49.7 Å². The number of nitrogens with zero attached hydrogens (tertiary/aromatic N) is 2. The van der Waals surface area contributed by atoms with Crippen LogP contribution in [0.15, 0.2) is 78.3 Å². The number of carbonyl (C=O) groups excluding carboxylic acids is 2. The number of aliphatic hydroxyl groups is 1. The van der Waals surface area contributed by atoms with Crippen molar-refractivity contribution in [3.05, 3.63) is 106 Å². The molecular formula is C32H23N3O7S. The summed E-state index contributed by atoms with van der Waals surface area (Å²) in [6, 6.07) is 16.9. The minimum absolute atomic E-state index is 0.0256. The van der Waals surface area contributed by atoms with Gasteiger partial charge < -0.3 is 29.7 Å². The topological polar surface area (TPSA) is 151 Å². The van der Waals surface area contributed by atoms with Gasteiger partial charge >= 0.3 is 5.97 Å². The lowest BCUT2D eigenvalue weighted by Crippen LogP contribution is -2.43. The van der Waals surface area contributed by atoms with Crippen LogP contribution < -0.4 is 14.8 Å². The van der Waals surface area contributed by atoms with Crippen LogP contribution in [0, 0.1) is 17.2 Å². The summed E-state index contributed by atoms with van der Waals surface area (Å²) < 4.78 is 18.9. The molecule has 1 amide bonds. The van der Waals surface area contributed by atoms with Crippen molar-refractivity contribution < 1.29 is 34.0 Å². The van der Waals surface area contributed by atoms with Crippen LogP contribution in [0.3, 0.4) is 0 Å². The summed E-state index contributed by atoms with van der Waals surface area (Å²) in [6.45, 7) is 0.722. The van der Waals surface area contributed by atoms with Gasteiger partial charge in [-0.3, -0.25) is 4.79 Å². The number of rotatable bonds is 6. The third-order valence-electron chi connectivity index (χ3n) is 7.77. The van der Waals surface area contributed by atoms with E-state index in [9.17, 15) is 19.8 Å². The van der Waals surface area contributed by atoms with Crippen molar-refractivity contribution >= 4 is 33.4 Å². The summed E-state index contributed by atoms with van der Waals surface area (Å²) in [5.74, 6) is 0.0233. The number of hydrogen-bond donors (Lipinski definition) is 3. The van der Waals surface area contributed by atoms with E-state index in [4.69, 9.17) is 19.5 Å². The van der Waals surface area contributed by atoms with Crippen molar-refractivity contribution in [1.29, 1.82) is 5.26 Å². The molecule has 1 spiro atoms. The molecule has 10 nitrogen and oxygen atoms in total. The minimum Gasteiger partial charge on any atom is -0.508 e. The van der Waals surface area contributed by atoms with E-state index in [0.717, 1.165) is 10.2 Å². The molecule has 3 aromatic carbocycles. The van der Waals surface area contributed by atoms with Crippen molar-refractivity contribution in [3.8, 4) is 23.3 Å². The van der Waals surface area contributed by atoms with E-state index in [-0.39, 0.29) is 17.4 Å². The summed E-state index contributed by atoms with van der Waals surface area (Å²) >= 11 is 1.30. The Morgan fingerprint density at radius 2 is 2.05 bits per heavy atom. The predicted molar refractivity (Wildman–Crippen MR) is 155 cm³/mol. The lowest BCUT2D eigenvalue weighted by molar-refractivity contribution is -0.0253. The second kappa shape index (κ2) is 10.2. The maximum absolute atomic E-state index is 13.2. The SMILES string of the molecule is N#Cc1nc2ccc(OCCCNC(=O)c3ccc4c(c3)C3(OC4=O)c4ccc(O)cc4OC4=CC(O)=CCC43)cc2s1. The van der Waals surface area contributed by atoms with Gasteiger partial charge in [-0.2, -0.15) is 5.26 Å². The van der Waals surface area contributed by atoms with Crippen LogP contribution >= 0.6 is 11.3 Å². The van der Waals surface area contributed by atoms with Crippen LogP contribution in [0.2, 0.25) is 0 Å². The molecule has 0 radical (unpaired) electrons. The molecule has 0 saturated carbocycles. The zero-order valence-electron chi connectivity index (χ0n) is 22.5. The Bertz CT molecular complexity index is 1940. The van der Waals surface area contributed by atoms with E-state index in [1.165, 1.54) is 29.5 Å². The van der Waals surface area contributed by atoms with E-state index >= 15 is 0 Å².